The monoisotopic (exact) mass is 592 g/mol. The molecule has 0 aromatic rings. The molecule has 1 aliphatic rings. The number of carbonyl (C=O) groups excluding carboxylic acids is 3. The first kappa shape index (κ1) is 37.8. The highest BCUT2D eigenvalue weighted by atomic mass is 16.7. The molecule has 0 aliphatic carbocycles. The van der Waals surface area contributed by atoms with Crippen LogP contribution in [0.1, 0.15) is 137 Å². The molecule has 42 heavy (non-hydrogen) atoms. The molecule has 0 bridgehead atoms. The van der Waals surface area contributed by atoms with Crippen LogP contribution >= 0.6 is 0 Å². The first-order valence-electron chi connectivity index (χ1n) is 16.4. The van der Waals surface area contributed by atoms with Crippen molar-refractivity contribution in [3.8, 4) is 0 Å². The summed E-state index contributed by atoms with van der Waals surface area (Å²) in [7, 11) is 0. The summed E-state index contributed by atoms with van der Waals surface area (Å²) >= 11 is 0. The third-order valence-electron chi connectivity index (χ3n) is 7.36. The van der Waals surface area contributed by atoms with Gasteiger partial charge in [-0.15, -0.1) is 0 Å². The van der Waals surface area contributed by atoms with Crippen LogP contribution in [0.25, 0.3) is 0 Å². The Kier molecular flexibility index (Phi) is 20.1. The standard InChI is InChI=1S/C34H60N2O6/c1-6-7-8-9-10-11-12-13-14-15-16-17-18-19-20-23-29(37)35-25-21-22-27-40-30(38)24-26-36-32(39)31-33(2,3)28-41-34(4,5)42-31/h13-14,22,27,31H,6-12,15-21,23-26,28H2,1-5H3,(H,35,37)(H,36,39)/b14-13-,27-22+. The minimum atomic E-state index is -0.829. The Labute approximate surface area is 255 Å². The fourth-order valence-electron chi connectivity index (χ4n) is 4.69. The van der Waals surface area contributed by atoms with E-state index < -0.39 is 23.3 Å². The topological polar surface area (TPSA) is 103 Å². The molecule has 2 N–H and O–H groups in total. The number of rotatable bonds is 23. The normalized spacial score (nSPS) is 17.9. The van der Waals surface area contributed by atoms with E-state index in [1.54, 1.807) is 19.9 Å². The lowest BCUT2D eigenvalue weighted by Crippen LogP contribution is -2.56. The van der Waals surface area contributed by atoms with E-state index in [9.17, 15) is 14.4 Å². The summed E-state index contributed by atoms with van der Waals surface area (Å²) in [6.45, 7) is 10.7. The maximum Gasteiger partial charge on any atom is 0.312 e. The molecule has 0 spiro atoms. The number of hydrogen-bond donors (Lipinski definition) is 2. The van der Waals surface area contributed by atoms with Gasteiger partial charge in [0.05, 0.1) is 19.3 Å². The Morgan fingerprint density at radius 3 is 2.05 bits per heavy atom. The van der Waals surface area contributed by atoms with Gasteiger partial charge in [0.15, 0.2) is 5.79 Å². The summed E-state index contributed by atoms with van der Waals surface area (Å²) in [6.07, 6.45) is 24.4. The molecule has 1 heterocycles. The highest BCUT2D eigenvalue weighted by molar-refractivity contribution is 5.82. The van der Waals surface area contributed by atoms with Crippen LogP contribution in [0.2, 0.25) is 0 Å². The van der Waals surface area contributed by atoms with Gasteiger partial charge in [-0.25, -0.2) is 0 Å². The van der Waals surface area contributed by atoms with Crippen LogP contribution in [0.3, 0.4) is 0 Å². The summed E-state index contributed by atoms with van der Waals surface area (Å²) < 4.78 is 16.5. The second-order valence-electron chi connectivity index (χ2n) is 12.6. The highest BCUT2D eigenvalue weighted by Crippen LogP contribution is 2.34. The lowest BCUT2D eigenvalue weighted by molar-refractivity contribution is -0.304. The Morgan fingerprint density at radius 1 is 0.762 bits per heavy atom. The molecule has 0 radical (unpaired) electrons. The van der Waals surface area contributed by atoms with E-state index in [0.29, 0.717) is 26.0 Å². The van der Waals surface area contributed by atoms with Crippen LogP contribution in [0.4, 0.5) is 0 Å². The molecule has 0 saturated carbocycles. The Hall–Kier alpha value is -2.19. The van der Waals surface area contributed by atoms with Crippen molar-refractivity contribution >= 4 is 17.8 Å². The molecular weight excluding hydrogens is 532 g/mol. The third-order valence-corrected chi connectivity index (χ3v) is 7.36. The second-order valence-corrected chi connectivity index (χ2v) is 12.6. The van der Waals surface area contributed by atoms with Crippen molar-refractivity contribution in [3.63, 3.8) is 0 Å². The average Bonchev–Trinajstić information content (AvgIpc) is 2.94. The maximum absolute atomic E-state index is 12.6. The van der Waals surface area contributed by atoms with Gasteiger partial charge < -0.3 is 24.8 Å². The van der Waals surface area contributed by atoms with Crippen LogP contribution in [0.15, 0.2) is 24.5 Å². The molecule has 1 fully saturated rings. The van der Waals surface area contributed by atoms with Crippen molar-refractivity contribution in [2.75, 3.05) is 19.7 Å². The van der Waals surface area contributed by atoms with Crippen molar-refractivity contribution in [1.29, 1.82) is 0 Å². The van der Waals surface area contributed by atoms with E-state index in [1.807, 2.05) is 13.8 Å². The maximum atomic E-state index is 12.6. The number of allylic oxidation sites excluding steroid dienone is 2. The summed E-state index contributed by atoms with van der Waals surface area (Å²) in [5, 5.41) is 5.66. The van der Waals surface area contributed by atoms with Gasteiger partial charge >= 0.3 is 5.97 Å². The van der Waals surface area contributed by atoms with Gasteiger partial charge in [-0.2, -0.15) is 0 Å². The van der Waals surface area contributed by atoms with Crippen molar-refractivity contribution in [2.24, 2.45) is 5.41 Å². The summed E-state index contributed by atoms with van der Waals surface area (Å²) in [5.41, 5.74) is -0.470. The first-order valence-corrected chi connectivity index (χ1v) is 16.4. The van der Waals surface area contributed by atoms with E-state index in [1.165, 1.54) is 76.9 Å². The van der Waals surface area contributed by atoms with Crippen molar-refractivity contribution in [2.45, 2.75) is 149 Å². The Bertz CT molecular complexity index is 821. The molecule has 1 saturated heterocycles. The smallest absolute Gasteiger partial charge is 0.312 e. The molecule has 1 unspecified atom stereocenters. The zero-order valence-corrected chi connectivity index (χ0v) is 27.3. The van der Waals surface area contributed by atoms with Crippen LogP contribution in [-0.4, -0.2) is 49.4 Å². The largest absolute Gasteiger partial charge is 0.435 e. The number of unbranched alkanes of at least 4 members (excludes halogenated alkanes) is 11. The Balaban J connectivity index is 1.96. The molecule has 8 nitrogen and oxygen atoms in total. The fraction of sp³-hybridized carbons (Fsp3) is 0.794. The number of hydrogen-bond acceptors (Lipinski definition) is 6. The van der Waals surface area contributed by atoms with Crippen molar-refractivity contribution in [3.05, 3.63) is 24.5 Å². The zero-order valence-electron chi connectivity index (χ0n) is 27.3. The minimum Gasteiger partial charge on any atom is -0.435 e. The minimum absolute atomic E-state index is 0.0514. The van der Waals surface area contributed by atoms with Gasteiger partial charge in [0.25, 0.3) is 0 Å². The first-order chi connectivity index (χ1) is 20.1. The van der Waals surface area contributed by atoms with Crippen LogP contribution in [0, 0.1) is 5.41 Å². The van der Waals surface area contributed by atoms with Gasteiger partial charge in [-0.3, -0.25) is 14.4 Å². The number of ether oxygens (including phenoxy) is 3. The predicted molar refractivity (Wildman–Crippen MR) is 169 cm³/mol. The number of esters is 1. The van der Waals surface area contributed by atoms with Gasteiger partial charge in [0, 0.05) is 24.9 Å². The van der Waals surface area contributed by atoms with Crippen LogP contribution < -0.4 is 10.6 Å². The number of nitrogens with one attached hydrogen (secondary N) is 2. The average molecular weight is 593 g/mol. The molecule has 1 aliphatic heterocycles. The Morgan fingerprint density at radius 2 is 1.38 bits per heavy atom. The van der Waals surface area contributed by atoms with Gasteiger partial charge in [-0.05, 0) is 58.4 Å². The molecular formula is C34H60N2O6. The third kappa shape index (κ3) is 19.1. The lowest BCUT2D eigenvalue weighted by atomic mass is 9.85. The molecule has 1 rings (SSSR count). The molecule has 8 heteroatoms. The zero-order chi connectivity index (χ0) is 31.1. The van der Waals surface area contributed by atoms with E-state index in [0.717, 1.165) is 12.8 Å². The fourth-order valence-corrected chi connectivity index (χ4v) is 4.69. The SMILES string of the molecule is CCCCCCCC/C=C\CCCCCCCC(=O)NCC/C=C/OC(=O)CCNC(=O)C1OC(C)(C)OCC1(C)C. The van der Waals surface area contributed by atoms with E-state index >= 15 is 0 Å². The van der Waals surface area contributed by atoms with E-state index in [-0.39, 0.29) is 24.8 Å². The van der Waals surface area contributed by atoms with E-state index in [4.69, 9.17) is 14.2 Å². The quantitative estimate of drug-likeness (QED) is 0.0560. The van der Waals surface area contributed by atoms with Crippen LogP contribution in [-0.2, 0) is 28.6 Å². The molecule has 1 atom stereocenters. The van der Waals surface area contributed by atoms with Crippen molar-refractivity contribution < 1.29 is 28.6 Å². The molecule has 242 valence electrons. The summed E-state index contributed by atoms with van der Waals surface area (Å²) in [5.74, 6) is -1.47. The predicted octanol–water partition coefficient (Wildman–Crippen LogP) is 7.27. The molecule has 0 aromatic carbocycles. The van der Waals surface area contributed by atoms with E-state index in [2.05, 4.69) is 29.7 Å². The number of amides is 2. The second kappa shape index (κ2) is 22.4. The lowest BCUT2D eigenvalue weighted by Gasteiger charge is -2.44. The van der Waals surface area contributed by atoms with Gasteiger partial charge in [0.1, 0.15) is 6.10 Å². The molecule has 2 amide bonds. The summed E-state index contributed by atoms with van der Waals surface area (Å²) in [6, 6.07) is 0. The highest BCUT2D eigenvalue weighted by Gasteiger charge is 2.45. The summed E-state index contributed by atoms with van der Waals surface area (Å²) in [4.78, 5) is 36.5. The van der Waals surface area contributed by atoms with Crippen molar-refractivity contribution in [1.82, 2.24) is 10.6 Å². The number of carbonyl (C=O) groups is 3. The van der Waals surface area contributed by atoms with Crippen LogP contribution in [0.5, 0.6) is 0 Å². The molecule has 0 aromatic heterocycles. The van der Waals surface area contributed by atoms with Gasteiger partial charge in [-0.1, -0.05) is 84.3 Å². The van der Waals surface area contributed by atoms with Gasteiger partial charge in [0.2, 0.25) is 11.8 Å².